The van der Waals surface area contributed by atoms with Crippen molar-refractivity contribution in [2.75, 3.05) is 0 Å². The highest BCUT2D eigenvalue weighted by Crippen LogP contribution is 2.39. The Morgan fingerprint density at radius 1 is 0.333 bits per heavy atom. The zero-order valence-corrected chi connectivity index (χ0v) is 25.8. The van der Waals surface area contributed by atoms with Crippen molar-refractivity contribution in [3.8, 4) is 34.4 Å². The Kier molecular flexibility index (Phi) is 5.81. The van der Waals surface area contributed by atoms with Gasteiger partial charge in [-0.2, -0.15) is 9.97 Å². The van der Waals surface area contributed by atoms with Crippen LogP contribution in [-0.4, -0.2) is 24.1 Å². The first kappa shape index (κ1) is 26.6. The summed E-state index contributed by atoms with van der Waals surface area (Å²) in [6.45, 7) is 0. The average molecular weight is 614 g/mol. The maximum Gasteiger partial charge on any atom is 0.238 e. The van der Waals surface area contributed by atoms with E-state index in [0.717, 1.165) is 44.0 Å². The molecule has 0 saturated carbocycles. The number of benzene rings is 7. The SMILES string of the molecule is c1ccc(-c2nc(-c3ccccc3)nc(-n3c4ccccc4c4cc5cc6c7ccccc7n(-c7ccccc7)c6cc5cc43)n2)cc1. The van der Waals surface area contributed by atoms with Crippen molar-refractivity contribution in [2.24, 2.45) is 0 Å². The third-order valence-corrected chi connectivity index (χ3v) is 9.32. The van der Waals surface area contributed by atoms with Gasteiger partial charge in [-0.3, -0.25) is 4.57 Å². The van der Waals surface area contributed by atoms with Gasteiger partial charge >= 0.3 is 0 Å². The molecule has 0 aliphatic heterocycles. The first-order chi connectivity index (χ1) is 23.8. The Balaban J connectivity index is 1.29. The van der Waals surface area contributed by atoms with Crippen LogP contribution in [0.4, 0.5) is 0 Å². The number of para-hydroxylation sites is 3. The number of hydrogen-bond acceptors (Lipinski definition) is 3. The number of aromatic nitrogens is 5. The summed E-state index contributed by atoms with van der Waals surface area (Å²) in [5, 5.41) is 7.14. The molecule has 3 aromatic heterocycles. The maximum absolute atomic E-state index is 5.12. The molecule has 3 heterocycles. The average Bonchev–Trinajstić information content (AvgIpc) is 3.65. The zero-order valence-electron chi connectivity index (χ0n) is 25.8. The van der Waals surface area contributed by atoms with E-state index in [1.54, 1.807) is 0 Å². The molecule has 0 N–H and O–H groups in total. The van der Waals surface area contributed by atoms with Gasteiger partial charge in [0.05, 0.1) is 22.1 Å². The van der Waals surface area contributed by atoms with Crippen molar-refractivity contribution >= 4 is 54.4 Å². The minimum atomic E-state index is 0.590. The predicted molar refractivity (Wildman–Crippen MR) is 197 cm³/mol. The highest BCUT2D eigenvalue weighted by Gasteiger charge is 2.19. The molecule has 0 amide bonds. The third kappa shape index (κ3) is 4.08. The van der Waals surface area contributed by atoms with Crippen LogP contribution in [0, 0.1) is 0 Å². The molecule has 7 aromatic carbocycles. The second-order valence-electron chi connectivity index (χ2n) is 12.1. The van der Waals surface area contributed by atoms with Crippen molar-refractivity contribution in [2.45, 2.75) is 0 Å². The molecule has 0 atom stereocenters. The van der Waals surface area contributed by atoms with Gasteiger partial charge in [0.15, 0.2) is 11.6 Å². The van der Waals surface area contributed by atoms with Crippen LogP contribution >= 0.6 is 0 Å². The Bertz CT molecular complexity index is 2760. The Labute approximate surface area is 276 Å². The molecule has 10 rings (SSSR count). The van der Waals surface area contributed by atoms with Gasteiger partial charge in [0.25, 0.3) is 0 Å². The van der Waals surface area contributed by atoms with Crippen LogP contribution in [0.1, 0.15) is 0 Å². The number of nitrogens with zero attached hydrogens (tertiary/aromatic N) is 5. The number of rotatable bonds is 4. The van der Waals surface area contributed by atoms with Crippen molar-refractivity contribution in [3.05, 3.63) is 164 Å². The maximum atomic E-state index is 5.12. The Hall–Kier alpha value is -6.59. The second-order valence-corrected chi connectivity index (χ2v) is 12.1. The van der Waals surface area contributed by atoms with Crippen molar-refractivity contribution in [3.63, 3.8) is 0 Å². The molecule has 0 unspecified atom stereocenters. The molecule has 0 saturated heterocycles. The van der Waals surface area contributed by atoms with Gasteiger partial charge in [0.1, 0.15) is 0 Å². The number of hydrogen-bond donors (Lipinski definition) is 0. The minimum Gasteiger partial charge on any atom is -0.309 e. The van der Waals surface area contributed by atoms with Crippen LogP contribution in [0.5, 0.6) is 0 Å². The van der Waals surface area contributed by atoms with Crippen LogP contribution in [0.2, 0.25) is 0 Å². The summed E-state index contributed by atoms with van der Waals surface area (Å²) in [4.78, 5) is 15.2. The summed E-state index contributed by atoms with van der Waals surface area (Å²) in [6, 6.07) is 57.4. The summed E-state index contributed by atoms with van der Waals surface area (Å²) in [6.07, 6.45) is 0. The summed E-state index contributed by atoms with van der Waals surface area (Å²) in [5.41, 5.74) is 7.51. The van der Waals surface area contributed by atoms with E-state index in [1.165, 1.54) is 27.2 Å². The van der Waals surface area contributed by atoms with Gasteiger partial charge in [-0.15, -0.1) is 0 Å². The zero-order chi connectivity index (χ0) is 31.6. The molecule has 5 nitrogen and oxygen atoms in total. The van der Waals surface area contributed by atoms with Gasteiger partial charge < -0.3 is 4.57 Å². The fraction of sp³-hybridized carbons (Fsp3) is 0. The predicted octanol–water partition coefficient (Wildman–Crippen LogP) is 10.6. The van der Waals surface area contributed by atoms with Crippen molar-refractivity contribution in [1.29, 1.82) is 0 Å². The standard InChI is InChI=1S/C43H27N5/c1-4-14-28(15-5-1)41-44-42(29-16-6-2-7-17-29)46-43(45-41)48-38-23-13-11-21-34(38)36-25-30-24-35-33-20-10-12-22-37(33)47(32-18-8-3-9-19-32)39(35)26-31(30)27-40(36)48/h1-27H. The van der Waals surface area contributed by atoms with E-state index in [2.05, 4.69) is 112 Å². The molecular weight excluding hydrogens is 587 g/mol. The van der Waals surface area contributed by atoms with Crippen LogP contribution in [-0.2, 0) is 0 Å². The fourth-order valence-corrected chi connectivity index (χ4v) is 7.15. The lowest BCUT2D eigenvalue weighted by molar-refractivity contribution is 0.954. The van der Waals surface area contributed by atoms with E-state index < -0.39 is 0 Å². The largest absolute Gasteiger partial charge is 0.309 e. The van der Waals surface area contributed by atoms with Crippen molar-refractivity contribution in [1.82, 2.24) is 24.1 Å². The summed E-state index contributed by atoms with van der Waals surface area (Å²) >= 11 is 0. The van der Waals surface area contributed by atoms with Crippen LogP contribution in [0.3, 0.4) is 0 Å². The molecule has 0 spiro atoms. The lowest BCUT2D eigenvalue weighted by Crippen LogP contribution is -2.06. The van der Waals surface area contributed by atoms with Gasteiger partial charge in [0, 0.05) is 38.4 Å². The van der Waals surface area contributed by atoms with Crippen molar-refractivity contribution < 1.29 is 0 Å². The lowest BCUT2D eigenvalue weighted by Gasteiger charge is -2.11. The molecule has 10 aromatic rings. The third-order valence-electron chi connectivity index (χ3n) is 9.32. The van der Waals surface area contributed by atoms with E-state index >= 15 is 0 Å². The molecular formula is C43H27N5. The fourth-order valence-electron chi connectivity index (χ4n) is 7.15. The normalized spacial score (nSPS) is 11.8. The van der Waals surface area contributed by atoms with E-state index in [9.17, 15) is 0 Å². The van der Waals surface area contributed by atoms with E-state index in [4.69, 9.17) is 15.0 Å². The molecule has 0 radical (unpaired) electrons. The monoisotopic (exact) mass is 613 g/mol. The molecule has 0 fully saturated rings. The van der Waals surface area contributed by atoms with Crippen LogP contribution in [0.25, 0.3) is 88.8 Å². The lowest BCUT2D eigenvalue weighted by atomic mass is 10.0. The second kappa shape index (κ2) is 10.5. The molecule has 48 heavy (non-hydrogen) atoms. The Morgan fingerprint density at radius 2 is 0.771 bits per heavy atom. The molecule has 224 valence electrons. The topological polar surface area (TPSA) is 48.5 Å². The summed E-state index contributed by atoms with van der Waals surface area (Å²) in [5.74, 6) is 1.87. The van der Waals surface area contributed by atoms with Gasteiger partial charge in [-0.1, -0.05) is 115 Å². The van der Waals surface area contributed by atoms with E-state index in [1.807, 2.05) is 60.7 Å². The molecule has 0 aliphatic carbocycles. The van der Waals surface area contributed by atoms with E-state index in [-0.39, 0.29) is 0 Å². The van der Waals surface area contributed by atoms with Gasteiger partial charge in [-0.05, 0) is 59.3 Å². The van der Waals surface area contributed by atoms with Crippen LogP contribution < -0.4 is 0 Å². The van der Waals surface area contributed by atoms with Gasteiger partial charge in [-0.25, -0.2) is 4.98 Å². The van der Waals surface area contributed by atoms with Gasteiger partial charge in [0.2, 0.25) is 5.95 Å². The summed E-state index contributed by atoms with van der Waals surface area (Å²) in [7, 11) is 0. The number of fused-ring (bicyclic) bond motifs is 7. The molecule has 5 heteroatoms. The highest BCUT2D eigenvalue weighted by molar-refractivity contribution is 6.18. The molecule has 0 bridgehead atoms. The first-order valence-electron chi connectivity index (χ1n) is 16.1. The smallest absolute Gasteiger partial charge is 0.238 e. The quantitative estimate of drug-likeness (QED) is 0.198. The first-order valence-corrected chi connectivity index (χ1v) is 16.1. The van der Waals surface area contributed by atoms with Crippen LogP contribution in [0.15, 0.2) is 164 Å². The van der Waals surface area contributed by atoms with E-state index in [0.29, 0.717) is 17.6 Å². The summed E-state index contributed by atoms with van der Waals surface area (Å²) < 4.78 is 4.57. The minimum absolute atomic E-state index is 0.590. The molecule has 0 aliphatic rings. The Morgan fingerprint density at radius 3 is 1.33 bits per heavy atom. The highest BCUT2D eigenvalue weighted by atomic mass is 15.2.